The summed E-state index contributed by atoms with van der Waals surface area (Å²) in [5.41, 5.74) is -3.73. The van der Waals surface area contributed by atoms with E-state index in [1.165, 1.54) is 16.8 Å². The van der Waals surface area contributed by atoms with E-state index in [-0.39, 0.29) is 11.7 Å². The maximum absolute atomic E-state index is 12.6. The maximum atomic E-state index is 12.6. The number of halogens is 3. The molecule has 0 bridgehead atoms. The minimum absolute atomic E-state index is 0.0550. The molecule has 1 aromatic heterocycles. The van der Waals surface area contributed by atoms with Crippen molar-refractivity contribution in [3.8, 4) is 5.75 Å². The lowest BCUT2D eigenvalue weighted by atomic mass is 9.88. The van der Waals surface area contributed by atoms with Gasteiger partial charge in [-0.3, -0.25) is 0 Å². The Morgan fingerprint density at radius 3 is 2.61 bits per heavy atom. The monoisotopic (exact) mass is 427 g/mol. The van der Waals surface area contributed by atoms with Crippen molar-refractivity contribution >= 4 is 31.5 Å². The number of hydrogen-bond donors (Lipinski definition) is 0. The van der Waals surface area contributed by atoms with Crippen molar-refractivity contribution in [3.05, 3.63) is 64.5 Å². The molecule has 9 heteroatoms. The van der Waals surface area contributed by atoms with Crippen molar-refractivity contribution in [3.63, 3.8) is 0 Å². The van der Waals surface area contributed by atoms with Gasteiger partial charge in [-0.15, -0.1) is 11.3 Å². The van der Waals surface area contributed by atoms with Crippen molar-refractivity contribution in [2.24, 2.45) is 0 Å². The molecule has 148 valence electrons. The van der Waals surface area contributed by atoms with E-state index in [0.29, 0.717) is 6.54 Å². The summed E-state index contributed by atoms with van der Waals surface area (Å²) in [6.45, 7) is 1.26. The van der Waals surface area contributed by atoms with Crippen LogP contribution in [0.5, 0.6) is 5.75 Å². The summed E-state index contributed by atoms with van der Waals surface area (Å²) >= 11 is 1.68. The van der Waals surface area contributed by atoms with Gasteiger partial charge in [-0.1, -0.05) is 24.3 Å². The quantitative estimate of drug-likeness (QED) is 0.449. The molecule has 2 heterocycles. The van der Waals surface area contributed by atoms with Gasteiger partial charge in [0.15, 0.2) is 0 Å². The first kappa shape index (κ1) is 19.2. The van der Waals surface area contributed by atoms with E-state index in [0.717, 1.165) is 27.9 Å². The molecule has 0 saturated carbocycles. The van der Waals surface area contributed by atoms with Crippen molar-refractivity contribution in [1.29, 1.82) is 0 Å². The van der Waals surface area contributed by atoms with E-state index >= 15 is 0 Å². The summed E-state index contributed by atoms with van der Waals surface area (Å²) in [7, 11) is -3.77. The maximum Gasteiger partial charge on any atom is 0.534 e. The minimum Gasteiger partial charge on any atom is -0.376 e. The van der Waals surface area contributed by atoms with E-state index in [9.17, 15) is 21.6 Å². The van der Waals surface area contributed by atoms with Crippen LogP contribution in [0.3, 0.4) is 0 Å². The first-order valence-corrected chi connectivity index (χ1v) is 10.7. The summed E-state index contributed by atoms with van der Waals surface area (Å²) in [5.74, 6) is -0.277. The Kier molecular flexibility index (Phi) is 4.64. The van der Waals surface area contributed by atoms with Gasteiger partial charge >= 0.3 is 15.6 Å². The van der Waals surface area contributed by atoms with Gasteiger partial charge < -0.3 is 9.08 Å². The van der Waals surface area contributed by atoms with E-state index in [1.54, 1.807) is 17.4 Å². The molecule has 1 aliphatic heterocycles. The number of likely N-dealkylation sites (N-methyl/N-ethyl adjacent to an activating group) is 1. The van der Waals surface area contributed by atoms with Crippen LogP contribution in [0.2, 0.25) is 0 Å². The Hall–Kier alpha value is -2.10. The van der Waals surface area contributed by atoms with Gasteiger partial charge in [-0.05, 0) is 47.8 Å². The zero-order valence-corrected chi connectivity index (χ0v) is 16.4. The molecule has 1 atom stereocenters. The molecule has 0 spiro atoms. The van der Waals surface area contributed by atoms with E-state index in [2.05, 4.69) is 21.2 Å². The second-order valence-corrected chi connectivity index (χ2v) is 9.43. The molecule has 4 nitrogen and oxygen atoms in total. The van der Waals surface area contributed by atoms with Gasteiger partial charge in [0.25, 0.3) is 0 Å². The number of alkyl halides is 3. The van der Waals surface area contributed by atoms with E-state index in [1.807, 2.05) is 25.2 Å². The third-order valence-electron chi connectivity index (χ3n) is 4.70. The van der Waals surface area contributed by atoms with Gasteiger partial charge in [0.1, 0.15) is 5.75 Å². The summed E-state index contributed by atoms with van der Waals surface area (Å²) in [6, 6.07) is 14.5. The second kappa shape index (κ2) is 6.75. The SMILES string of the molecule is CN1Cc2cc(OS(=O)(=O)C(F)(F)F)ccc2C(c2cc3ccccc3s2)C1. The molecule has 0 saturated heterocycles. The molecule has 4 rings (SSSR count). The molecule has 0 aliphatic carbocycles. The van der Waals surface area contributed by atoms with Crippen LogP contribution in [0.15, 0.2) is 48.5 Å². The zero-order valence-electron chi connectivity index (χ0n) is 14.7. The lowest BCUT2D eigenvalue weighted by Gasteiger charge is -2.32. The molecule has 0 N–H and O–H groups in total. The summed E-state index contributed by atoms with van der Waals surface area (Å²) in [5, 5.41) is 1.15. The average molecular weight is 427 g/mol. The third-order valence-corrected chi connectivity index (χ3v) is 6.91. The number of thiophene rings is 1. The number of hydrogen-bond acceptors (Lipinski definition) is 5. The normalized spacial score (nSPS) is 18.2. The van der Waals surface area contributed by atoms with Gasteiger partial charge in [-0.2, -0.15) is 21.6 Å². The van der Waals surface area contributed by atoms with Crippen molar-refractivity contribution < 1.29 is 25.8 Å². The number of nitrogens with zero attached hydrogens (tertiary/aromatic N) is 1. The molecule has 1 unspecified atom stereocenters. The van der Waals surface area contributed by atoms with Gasteiger partial charge in [0.05, 0.1) is 0 Å². The molecule has 2 aromatic carbocycles. The average Bonchev–Trinajstić information content (AvgIpc) is 3.03. The Morgan fingerprint density at radius 1 is 1.14 bits per heavy atom. The van der Waals surface area contributed by atoms with Crippen LogP contribution in [0.1, 0.15) is 21.9 Å². The van der Waals surface area contributed by atoms with Crippen LogP contribution in [0.25, 0.3) is 10.1 Å². The van der Waals surface area contributed by atoms with Gasteiger partial charge in [0.2, 0.25) is 0 Å². The zero-order chi connectivity index (χ0) is 20.1. The van der Waals surface area contributed by atoms with Crippen molar-refractivity contribution in [2.75, 3.05) is 13.6 Å². The molecule has 3 aromatic rings. The Bertz CT molecular complexity index is 1110. The fourth-order valence-corrected chi connectivity index (χ4v) is 5.09. The highest BCUT2D eigenvalue weighted by Crippen LogP contribution is 2.40. The standard InChI is InChI=1S/C19H16F3NO3S2/c1-23-10-13-8-14(26-28(24,25)19(20,21)22)6-7-15(13)16(11-23)18-9-12-4-2-3-5-17(12)27-18/h2-9,16H,10-11H2,1H3. The number of fused-ring (bicyclic) bond motifs is 2. The Morgan fingerprint density at radius 2 is 1.89 bits per heavy atom. The largest absolute Gasteiger partial charge is 0.534 e. The van der Waals surface area contributed by atoms with Crippen LogP contribution >= 0.6 is 11.3 Å². The fraction of sp³-hybridized carbons (Fsp3) is 0.263. The predicted molar refractivity (Wildman–Crippen MR) is 102 cm³/mol. The van der Waals surface area contributed by atoms with Crippen LogP contribution in [0, 0.1) is 0 Å². The second-order valence-electron chi connectivity index (χ2n) is 6.78. The third kappa shape index (κ3) is 3.49. The Balaban J connectivity index is 1.71. The molecule has 1 aliphatic rings. The first-order valence-electron chi connectivity index (χ1n) is 8.44. The highest BCUT2D eigenvalue weighted by Gasteiger charge is 2.48. The smallest absolute Gasteiger partial charge is 0.376 e. The van der Waals surface area contributed by atoms with Crippen molar-refractivity contribution in [1.82, 2.24) is 4.90 Å². The molecular formula is C19H16F3NO3S2. The van der Waals surface area contributed by atoms with Gasteiger partial charge in [0, 0.05) is 28.6 Å². The highest BCUT2D eigenvalue weighted by atomic mass is 32.2. The van der Waals surface area contributed by atoms with Crippen molar-refractivity contribution in [2.45, 2.75) is 18.0 Å². The number of rotatable bonds is 3. The van der Waals surface area contributed by atoms with Gasteiger partial charge in [-0.25, -0.2) is 0 Å². The van der Waals surface area contributed by atoms with Crippen LogP contribution in [0.4, 0.5) is 13.2 Å². The van der Waals surface area contributed by atoms with Crippen LogP contribution in [-0.4, -0.2) is 32.4 Å². The van der Waals surface area contributed by atoms with E-state index < -0.39 is 15.6 Å². The summed E-state index contributed by atoms with van der Waals surface area (Å²) in [6.07, 6.45) is 0. The topological polar surface area (TPSA) is 46.6 Å². The summed E-state index contributed by atoms with van der Waals surface area (Å²) in [4.78, 5) is 3.21. The lowest BCUT2D eigenvalue weighted by molar-refractivity contribution is -0.0500. The van der Waals surface area contributed by atoms with Crippen LogP contribution in [-0.2, 0) is 16.7 Å². The van der Waals surface area contributed by atoms with Crippen LogP contribution < -0.4 is 4.18 Å². The molecule has 0 fully saturated rings. The number of benzene rings is 2. The molecule has 0 radical (unpaired) electrons. The first-order chi connectivity index (χ1) is 13.1. The minimum atomic E-state index is -5.69. The molecule has 28 heavy (non-hydrogen) atoms. The fourth-order valence-electron chi connectivity index (χ4n) is 3.47. The summed E-state index contributed by atoms with van der Waals surface area (Å²) < 4.78 is 65.8. The lowest BCUT2D eigenvalue weighted by Crippen LogP contribution is -2.31. The molecule has 0 amide bonds. The Labute approximate surface area is 164 Å². The molecular weight excluding hydrogens is 411 g/mol. The van der Waals surface area contributed by atoms with E-state index in [4.69, 9.17) is 0 Å². The highest BCUT2D eigenvalue weighted by molar-refractivity contribution is 7.88. The predicted octanol–water partition coefficient (Wildman–Crippen LogP) is 4.71.